The zero-order valence-corrected chi connectivity index (χ0v) is 12.3. The standard InChI is InChI=1S/C17H26N2O/c18-11-16(13-4-2-1-3-5-13)19-17(20)10-15-9-12-6-7-14(15)8-12/h12-16H,1-10H2,(H,19,20). The minimum absolute atomic E-state index is 0.125. The van der Waals surface area contributed by atoms with Gasteiger partial charge in [0.1, 0.15) is 6.04 Å². The van der Waals surface area contributed by atoms with Crippen LogP contribution >= 0.6 is 0 Å². The SMILES string of the molecule is N#CC(NC(=O)CC1CC2CCC1C2)C1CCCCC1. The second-order valence-corrected chi connectivity index (χ2v) is 7.21. The van der Waals surface area contributed by atoms with Crippen LogP contribution in [0, 0.1) is 35.0 Å². The van der Waals surface area contributed by atoms with E-state index >= 15 is 0 Å². The summed E-state index contributed by atoms with van der Waals surface area (Å²) < 4.78 is 0. The maximum absolute atomic E-state index is 12.2. The molecule has 4 unspecified atom stereocenters. The molecule has 20 heavy (non-hydrogen) atoms. The van der Waals surface area contributed by atoms with E-state index in [9.17, 15) is 10.1 Å². The molecule has 0 heterocycles. The Bertz CT molecular complexity index is 394. The first kappa shape index (κ1) is 13.9. The molecule has 0 saturated heterocycles. The van der Waals surface area contributed by atoms with Crippen molar-refractivity contribution in [3.05, 3.63) is 0 Å². The highest BCUT2D eigenvalue weighted by Gasteiger charge is 2.40. The lowest BCUT2D eigenvalue weighted by atomic mass is 9.83. The van der Waals surface area contributed by atoms with E-state index in [-0.39, 0.29) is 11.9 Å². The third kappa shape index (κ3) is 3.00. The van der Waals surface area contributed by atoms with Crippen molar-refractivity contribution in [2.45, 2.75) is 70.3 Å². The maximum Gasteiger partial charge on any atom is 0.221 e. The number of nitrogens with zero attached hydrogens (tertiary/aromatic N) is 1. The monoisotopic (exact) mass is 274 g/mol. The van der Waals surface area contributed by atoms with Crippen LogP contribution in [0.15, 0.2) is 0 Å². The van der Waals surface area contributed by atoms with Gasteiger partial charge in [0, 0.05) is 6.42 Å². The number of carbonyl (C=O) groups excluding carboxylic acids is 1. The van der Waals surface area contributed by atoms with E-state index in [1.165, 1.54) is 44.9 Å². The first-order chi connectivity index (χ1) is 9.76. The minimum atomic E-state index is -0.249. The summed E-state index contributed by atoms with van der Waals surface area (Å²) in [5.74, 6) is 2.79. The molecule has 3 heteroatoms. The van der Waals surface area contributed by atoms with Crippen molar-refractivity contribution in [3.63, 3.8) is 0 Å². The van der Waals surface area contributed by atoms with Crippen molar-refractivity contribution >= 4 is 5.91 Å². The Hall–Kier alpha value is -1.04. The van der Waals surface area contributed by atoms with Crippen LogP contribution in [-0.2, 0) is 4.79 Å². The average molecular weight is 274 g/mol. The van der Waals surface area contributed by atoms with Crippen LogP contribution in [0.5, 0.6) is 0 Å². The predicted molar refractivity (Wildman–Crippen MR) is 77.7 cm³/mol. The molecule has 110 valence electrons. The summed E-state index contributed by atoms with van der Waals surface area (Å²) in [5, 5.41) is 12.4. The largest absolute Gasteiger partial charge is 0.340 e. The van der Waals surface area contributed by atoms with Crippen molar-refractivity contribution in [1.29, 1.82) is 5.26 Å². The van der Waals surface area contributed by atoms with Gasteiger partial charge < -0.3 is 5.32 Å². The van der Waals surface area contributed by atoms with E-state index in [0.29, 0.717) is 18.3 Å². The van der Waals surface area contributed by atoms with Gasteiger partial charge in [0.15, 0.2) is 0 Å². The molecular weight excluding hydrogens is 248 g/mol. The van der Waals surface area contributed by atoms with E-state index in [1.54, 1.807) is 0 Å². The van der Waals surface area contributed by atoms with Crippen molar-refractivity contribution in [2.75, 3.05) is 0 Å². The highest BCUT2D eigenvalue weighted by Crippen LogP contribution is 2.49. The molecule has 4 atom stereocenters. The number of fused-ring (bicyclic) bond motifs is 2. The predicted octanol–water partition coefficient (Wildman–Crippen LogP) is 3.40. The number of nitriles is 1. The van der Waals surface area contributed by atoms with Crippen molar-refractivity contribution in [1.82, 2.24) is 5.32 Å². The van der Waals surface area contributed by atoms with Gasteiger partial charge in [0.2, 0.25) is 5.91 Å². The average Bonchev–Trinajstić information content (AvgIpc) is 3.08. The molecule has 1 N–H and O–H groups in total. The van der Waals surface area contributed by atoms with E-state index in [4.69, 9.17) is 0 Å². The Morgan fingerprint density at radius 1 is 1.15 bits per heavy atom. The molecule has 0 spiro atoms. The van der Waals surface area contributed by atoms with Gasteiger partial charge in [-0.1, -0.05) is 25.7 Å². The molecule has 0 aromatic heterocycles. The molecule has 3 aliphatic carbocycles. The second-order valence-electron chi connectivity index (χ2n) is 7.21. The fraction of sp³-hybridized carbons (Fsp3) is 0.882. The Kier molecular flexibility index (Phi) is 4.29. The molecule has 0 radical (unpaired) electrons. The summed E-state index contributed by atoms with van der Waals surface area (Å²) in [6.07, 6.45) is 11.9. The van der Waals surface area contributed by atoms with Crippen LogP contribution in [0.25, 0.3) is 0 Å². The summed E-state index contributed by atoms with van der Waals surface area (Å²) in [6.45, 7) is 0. The van der Waals surface area contributed by atoms with Crippen LogP contribution in [-0.4, -0.2) is 11.9 Å². The van der Waals surface area contributed by atoms with Gasteiger partial charge in [-0.15, -0.1) is 0 Å². The Morgan fingerprint density at radius 2 is 1.95 bits per heavy atom. The summed E-state index contributed by atoms with van der Waals surface area (Å²) in [4.78, 5) is 12.2. The van der Waals surface area contributed by atoms with Crippen molar-refractivity contribution in [3.8, 4) is 6.07 Å². The summed E-state index contributed by atoms with van der Waals surface area (Å²) in [5.41, 5.74) is 0. The van der Waals surface area contributed by atoms with E-state index in [2.05, 4.69) is 11.4 Å². The highest BCUT2D eigenvalue weighted by molar-refractivity contribution is 5.77. The molecule has 3 rings (SSSR count). The van der Waals surface area contributed by atoms with Gasteiger partial charge >= 0.3 is 0 Å². The molecule has 1 amide bonds. The first-order valence-corrected chi connectivity index (χ1v) is 8.45. The van der Waals surface area contributed by atoms with Gasteiger partial charge in [-0.05, 0) is 55.8 Å². The molecule has 3 nitrogen and oxygen atoms in total. The minimum Gasteiger partial charge on any atom is -0.340 e. The van der Waals surface area contributed by atoms with Gasteiger partial charge in [-0.2, -0.15) is 5.26 Å². The maximum atomic E-state index is 12.2. The molecule has 2 bridgehead atoms. The highest BCUT2D eigenvalue weighted by atomic mass is 16.1. The zero-order valence-electron chi connectivity index (χ0n) is 12.3. The number of hydrogen-bond acceptors (Lipinski definition) is 2. The zero-order chi connectivity index (χ0) is 13.9. The van der Waals surface area contributed by atoms with Gasteiger partial charge in [-0.25, -0.2) is 0 Å². The topological polar surface area (TPSA) is 52.9 Å². The quantitative estimate of drug-likeness (QED) is 0.854. The number of amides is 1. The van der Waals surface area contributed by atoms with Crippen LogP contribution in [0.2, 0.25) is 0 Å². The molecule has 3 saturated carbocycles. The Morgan fingerprint density at radius 3 is 2.55 bits per heavy atom. The van der Waals surface area contributed by atoms with Gasteiger partial charge in [0.25, 0.3) is 0 Å². The molecule has 0 aromatic rings. The lowest BCUT2D eigenvalue weighted by Crippen LogP contribution is -2.41. The van der Waals surface area contributed by atoms with Crippen LogP contribution < -0.4 is 5.32 Å². The smallest absolute Gasteiger partial charge is 0.221 e. The Labute approximate surface area is 122 Å². The van der Waals surface area contributed by atoms with E-state index in [1.807, 2.05) is 0 Å². The van der Waals surface area contributed by atoms with Crippen LogP contribution in [0.3, 0.4) is 0 Å². The summed E-state index contributed by atoms with van der Waals surface area (Å²) in [7, 11) is 0. The van der Waals surface area contributed by atoms with Gasteiger partial charge in [0.05, 0.1) is 6.07 Å². The van der Waals surface area contributed by atoms with Crippen molar-refractivity contribution in [2.24, 2.45) is 23.7 Å². The third-order valence-electron chi connectivity index (χ3n) is 5.91. The molecule has 0 aromatic carbocycles. The van der Waals surface area contributed by atoms with Crippen molar-refractivity contribution < 1.29 is 4.79 Å². The third-order valence-corrected chi connectivity index (χ3v) is 5.91. The Balaban J connectivity index is 1.48. The first-order valence-electron chi connectivity index (χ1n) is 8.45. The van der Waals surface area contributed by atoms with E-state index < -0.39 is 0 Å². The summed E-state index contributed by atoms with van der Waals surface area (Å²) >= 11 is 0. The number of rotatable bonds is 4. The molecule has 3 fully saturated rings. The molecule has 3 aliphatic rings. The lowest BCUT2D eigenvalue weighted by Gasteiger charge is -2.27. The molecule has 0 aliphatic heterocycles. The molecular formula is C17H26N2O. The fourth-order valence-corrected chi connectivity index (χ4v) is 4.82. The van der Waals surface area contributed by atoms with Crippen LogP contribution in [0.1, 0.15) is 64.2 Å². The van der Waals surface area contributed by atoms with Crippen LogP contribution in [0.4, 0.5) is 0 Å². The van der Waals surface area contributed by atoms with E-state index in [0.717, 1.165) is 24.7 Å². The lowest BCUT2D eigenvalue weighted by molar-refractivity contribution is -0.123. The number of hydrogen-bond donors (Lipinski definition) is 1. The number of carbonyl (C=O) groups is 1. The normalized spacial score (nSPS) is 34.6. The van der Waals surface area contributed by atoms with Gasteiger partial charge in [-0.3, -0.25) is 4.79 Å². The fourth-order valence-electron chi connectivity index (χ4n) is 4.82. The summed E-state index contributed by atoms with van der Waals surface area (Å²) in [6, 6.07) is 2.08. The number of nitrogens with one attached hydrogen (secondary N) is 1. The second kappa shape index (κ2) is 6.16.